The van der Waals surface area contributed by atoms with Crippen LogP contribution in [0.25, 0.3) is 0 Å². The van der Waals surface area contributed by atoms with E-state index < -0.39 is 16.5 Å². The van der Waals surface area contributed by atoms with Crippen LogP contribution in [0.1, 0.15) is 25.0 Å². The van der Waals surface area contributed by atoms with Gasteiger partial charge in [-0.2, -0.15) is 0 Å². The molecular formula is C17H22O3P2. The predicted molar refractivity (Wildman–Crippen MR) is 94.9 cm³/mol. The maximum Gasteiger partial charge on any atom is 0.237 e. The van der Waals surface area contributed by atoms with Gasteiger partial charge in [0, 0.05) is 10.9 Å². The van der Waals surface area contributed by atoms with Crippen LogP contribution in [-0.2, 0) is 11.1 Å². The molecule has 0 fully saturated rings. The van der Waals surface area contributed by atoms with Gasteiger partial charge in [-0.25, -0.2) is 0 Å². The highest BCUT2D eigenvalue weighted by molar-refractivity contribution is 7.72. The van der Waals surface area contributed by atoms with E-state index in [0.717, 1.165) is 16.6 Å². The first-order valence-electron chi connectivity index (χ1n) is 7.42. The van der Waals surface area contributed by atoms with E-state index in [4.69, 9.17) is 9.05 Å². The van der Waals surface area contributed by atoms with Crippen molar-refractivity contribution in [2.24, 2.45) is 0 Å². The van der Waals surface area contributed by atoms with Crippen molar-refractivity contribution < 1.29 is 13.9 Å². The summed E-state index contributed by atoms with van der Waals surface area (Å²) in [5.41, 5.74) is 2.27. The van der Waals surface area contributed by atoms with Crippen LogP contribution in [0, 0.1) is 6.92 Å². The lowest BCUT2D eigenvalue weighted by atomic mass is 10.2. The molecule has 3 nitrogen and oxygen atoms in total. The molecule has 1 N–H and O–H groups in total. The standard InChI is InChI=1S/C15H16O3P2.C2H6/c1-12-6-8-14(9-7-12)19(16)11-20-17-10-13-4-2-3-5-15(13)18-20;1-2/h2-9,16H,10-11H2,1H3;1-2H3. The number of benzene rings is 2. The first-order chi connectivity index (χ1) is 10.7. The predicted octanol–water partition coefficient (Wildman–Crippen LogP) is 4.91. The van der Waals surface area contributed by atoms with Gasteiger partial charge in [-0.05, 0) is 13.0 Å². The maximum absolute atomic E-state index is 10.3. The lowest BCUT2D eigenvalue weighted by Crippen LogP contribution is -2.08. The smallest absolute Gasteiger partial charge is 0.237 e. The Morgan fingerprint density at radius 3 is 2.50 bits per heavy atom. The Bertz CT molecular complexity index is 587. The van der Waals surface area contributed by atoms with Crippen LogP contribution in [0.5, 0.6) is 5.75 Å². The topological polar surface area (TPSA) is 38.7 Å². The molecule has 0 bridgehead atoms. The van der Waals surface area contributed by atoms with Crippen LogP contribution in [-0.4, -0.2) is 10.8 Å². The molecule has 2 atom stereocenters. The lowest BCUT2D eigenvalue weighted by molar-refractivity contribution is 0.280. The van der Waals surface area contributed by atoms with E-state index in [-0.39, 0.29) is 0 Å². The molecule has 5 heteroatoms. The first-order valence-corrected chi connectivity index (χ1v) is 10.3. The summed E-state index contributed by atoms with van der Waals surface area (Å²) in [6.07, 6.45) is 0. The molecular weight excluding hydrogens is 314 g/mol. The van der Waals surface area contributed by atoms with Crippen molar-refractivity contribution in [2.75, 3.05) is 5.90 Å². The second-order valence-electron chi connectivity index (χ2n) is 4.68. The van der Waals surface area contributed by atoms with Gasteiger partial charge in [-0.15, -0.1) is 0 Å². The summed E-state index contributed by atoms with van der Waals surface area (Å²) >= 11 is 0. The SMILES string of the molecule is CC.Cc1ccc(P(O)CP2OCc3ccccc3O2)cc1. The summed E-state index contributed by atoms with van der Waals surface area (Å²) < 4.78 is 11.6. The number of para-hydroxylation sites is 1. The molecule has 22 heavy (non-hydrogen) atoms. The summed E-state index contributed by atoms with van der Waals surface area (Å²) in [5.74, 6) is 1.44. The van der Waals surface area contributed by atoms with E-state index in [1.54, 1.807) is 0 Å². The van der Waals surface area contributed by atoms with E-state index in [9.17, 15) is 4.89 Å². The molecule has 0 aromatic heterocycles. The van der Waals surface area contributed by atoms with Crippen molar-refractivity contribution in [3.63, 3.8) is 0 Å². The fraction of sp³-hybridized carbons (Fsp3) is 0.294. The normalized spacial score (nSPS) is 17.5. The molecule has 118 valence electrons. The largest absolute Gasteiger partial charge is 0.446 e. The van der Waals surface area contributed by atoms with Crippen molar-refractivity contribution in [3.8, 4) is 5.75 Å². The van der Waals surface area contributed by atoms with E-state index in [2.05, 4.69) is 0 Å². The maximum atomic E-state index is 10.3. The molecule has 0 aliphatic carbocycles. The molecule has 2 aromatic rings. The van der Waals surface area contributed by atoms with E-state index >= 15 is 0 Å². The zero-order chi connectivity index (χ0) is 15.9. The second kappa shape index (κ2) is 8.60. The summed E-state index contributed by atoms with van der Waals surface area (Å²) in [6.45, 7) is 6.61. The number of fused-ring (bicyclic) bond motifs is 1. The quantitative estimate of drug-likeness (QED) is 0.809. The van der Waals surface area contributed by atoms with Gasteiger partial charge in [0.25, 0.3) is 0 Å². The number of hydrogen-bond donors (Lipinski definition) is 1. The third-order valence-electron chi connectivity index (χ3n) is 3.12. The number of hydrogen-bond acceptors (Lipinski definition) is 3. The molecule has 3 rings (SSSR count). The Morgan fingerprint density at radius 1 is 1.09 bits per heavy atom. The molecule has 0 saturated carbocycles. The van der Waals surface area contributed by atoms with Crippen molar-refractivity contribution in [2.45, 2.75) is 27.4 Å². The molecule has 0 spiro atoms. The van der Waals surface area contributed by atoms with Crippen LogP contribution in [0.15, 0.2) is 48.5 Å². The monoisotopic (exact) mass is 336 g/mol. The van der Waals surface area contributed by atoms with E-state index in [1.165, 1.54) is 5.56 Å². The minimum atomic E-state index is -1.22. The summed E-state index contributed by atoms with van der Waals surface area (Å²) in [5, 5.41) is 0.971. The van der Waals surface area contributed by atoms with Crippen LogP contribution in [0.2, 0.25) is 0 Å². The summed E-state index contributed by atoms with van der Waals surface area (Å²) in [4.78, 5) is 10.3. The molecule has 1 aliphatic heterocycles. The minimum absolute atomic E-state index is 0.558. The third-order valence-corrected chi connectivity index (χ3v) is 6.83. The van der Waals surface area contributed by atoms with Gasteiger partial charge >= 0.3 is 0 Å². The minimum Gasteiger partial charge on any atom is -0.446 e. The van der Waals surface area contributed by atoms with Crippen LogP contribution in [0.4, 0.5) is 0 Å². The highest BCUT2D eigenvalue weighted by atomic mass is 31.2. The number of rotatable bonds is 3. The zero-order valence-corrected chi connectivity index (χ0v) is 15.0. The molecule has 1 heterocycles. The fourth-order valence-electron chi connectivity index (χ4n) is 1.97. The van der Waals surface area contributed by atoms with E-state index in [0.29, 0.717) is 12.5 Å². The molecule has 0 amide bonds. The summed E-state index contributed by atoms with van der Waals surface area (Å²) in [6, 6.07) is 15.9. The van der Waals surface area contributed by atoms with Crippen LogP contribution < -0.4 is 9.83 Å². The first kappa shape index (κ1) is 17.4. The van der Waals surface area contributed by atoms with Crippen molar-refractivity contribution in [3.05, 3.63) is 59.7 Å². The molecule has 0 radical (unpaired) electrons. The van der Waals surface area contributed by atoms with Gasteiger partial charge < -0.3 is 13.9 Å². The molecule has 2 unspecified atom stereocenters. The Kier molecular flexibility index (Phi) is 6.79. The highest BCUT2D eigenvalue weighted by Crippen LogP contribution is 2.53. The second-order valence-corrected chi connectivity index (χ2v) is 8.23. The van der Waals surface area contributed by atoms with Gasteiger partial charge in [0.05, 0.1) is 20.7 Å². The zero-order valence-electron chi connectivity index (χ0n) is 13.2. The van der Waals surface area contributed by atoms with Crippen molar-refractivity contribution in [1.82, 2.24) is 0 Å². The average Bonchev–Trinajstić information content (AvgIpc) is 2.57. The molecule has 0 saturated heterocycles. The van der Waals surface area contributed by atoms with E-state index in [1.807, 2.05) is 69.3 Å². The third kappa shape index (κ3) is 4.51. The fourth-order valence-corrected chi connectivity index (χ4v) is 5.28. The van der Waals surface area contributed by atoms with Crippen molar-refractivity contribution >= 4 is 21.8 Å². The van der Waals surface area contributed by atoms with Gasteiger partial charge in [-0.1, -0.05) is 61.9 Å². The Hall–Kier alpha value is -0.980. The van der Waals surface area contributed by atoms with Crippen LogP contribution >= 0.6 is 16.5 Å². The highest BCUT2D eigenvalue weighted by Gasteiger charge is 2.24. The Labute approximate surface area is 135 Å². The van der Waals surface area contributed by atoms with Gasteiger partial charge in [0.2, 0.25) is 8.38 Å². The average molecular weight is 336 g/mol. The Balaban J connectivity index is 0.000000847. The van der Waals surface area contributed by atoms with Gasteiger partial charge in [-0.3, -0.25) is 0 Å². The lowest BCUT2D eigenvalue weighted by Gasteiger charge is -2.26. The molecule has 2 aromatic carbocycles. The van der Waals surface area contributed by atoms with Gasteiger partial charge in [0.1, 0.15) is 5.75 Å². The Morgan fingerprint density at radius 2 is 1.77 bits per heavy atom. The van der Waals surface area contributed by atoms with Crippen molar-refractivity contribution in [1.29, 1.82) is 0 Å². The summed E-state index contributed by atoms with van der Waals surface area (Å²) in [7, 11) is -2.27. The van der Waals surface area contributed by atoms with Gasteiger partial charge in [0.15, 0.2) is 0 Å². The number of aryl methyl sites for hydroxylation is 1. The van der Waals surface area contributed by atoms with Crippen LogP contribution in [0.3, 0.4) is 0 Å². The molecule has 1 aliphatic rings.